The average molecular weight is 345 g/mol. The number of rotatable bonds is 3. The molecule has 3 nitrogen and oxygen atoms in total. The summed E-state index contributed by atoms with van der Waals surface area (Å²) in [5.41, 5.74) is 2.43. The molecule has 0 saturated heterocycles. The second-order valence-corrected chi connectivity index (χ2v) is 5.67. The predicted molar refractivity (Wildman–Crippen MR) is 84.2 cm³/mol. The van der Waals surface area contributed by atoms with Gasteiger partial charge in [0.05, 0.1) is 0 Å². The van der Waals surface area contributed by atoms with E-state index in [9.17, 15) is 4.79 Å². The fourth-order valence-corrected chi connectivity index (χ4v) is 2.66. The van der Waals surface area contributed by atoms with Gasteiger partial charge in [0.15, 0.2) is 0 Å². The molecule has 0 bridgehead atoms. The van der Waals surface area contributed by atoms with E-state index in [-0.39, 0.29) is 12.4 Å². The predicted octanol–water partition coefficient (Wildman–Crippen LogP) is 4.86. The van der Waals surface area contributed by atoms with Crippen LogP contribution in [-0.4, -0.2) is 5.97 Å². The number of furan rings is 1. The van der Waals surface area contributed by atoms with Crippen molar-refractivity contribution < 1.29 is 13.9 Å². The monoisotopic (exact) mass is 344 g/mol. The highest BCUT2D eigenvalue weighted by Gasteiger charge is 2.18. The van der Waals surface area contributed by atoms with Crippen LogP contribution in [0.5, 0.6) is 0 Å². The number of ether oxygens (including phenoxy) is 1. The number of aryl methyl sites for hydroxylation is 1. The van der Waals surface area contributed by atoms with Crippen LogP contribution in [0.15, 0.2) is 57.4 Å². The number of esters is 1. The largest absolute Gasteiger partial charge is 0.455 e. The smallest absolute Gasteiger partial charge is 0.374 e. The van der Waals surface area contributed by atoms with Crippen molar-refractivity contribution in [3.05, 3.63) is 69.9 Å². The first-order valence-corrected chi connectivity index (χ1v) is 7.34. The fourth-order valence-electron chi connectivity index (χ4n) is 2.21. The normalized spacial score (nSPS) is 10.8. The maximum absolute atomic E-state index is 12.2. The van der Waals surface area contributed by atoms with Crippen molar-refractivity contribution in [3.8, 4) is 0 Å². The molecular weight excluding hydrogens is 332 g/mol. The Labute approximate surface area is 130 Å². The van der Waals surface area contributed by atoms with Crippen LogP contribution in [0.4, 0.5) is 0 Å². The molecule has 0 aliphatic carbocycles. The van der Waals surface area contributed by atoms with Gasteiger partial charge in [-0.3, -0.25) is 0 Å². The number of halogens is 1. The second-order valence-electron chi connectivity index (χ2n) is 4.76. The van der Waals surface area contributed by atoms with Gasteiger partial charge in [-0.25, -0.2) is 4.79 Å². The minimum absolute atomic E-state index is 0.217. The SMILES string of the molecule is Cc1c(C(=O)OCc2cccc(Br)c2)oc2ccccc12. The van der Waals surface area contributed by atoms with E-state index in [1.807, 2.05) is 55.5 Å². The summed E-state index contributed by atoms with van der Waals surface area (Å²) < 4.78 is 11.9. The molecule has 4 heteroatoms. The zero-order chi connectivity index (χ0) is 14.8. The summed E-state index contributed by atoms with van der Waals surface area (Å²) >= 11 is 3.39. The molecule has 0 spiro atoms. The number of para-hydroxylation sites is 1. The van der Waals surface area contributed by atoms with Gasteiger partial charge in [0.2, 0.25) is 5.76 Å². The molecule has 0 unspecified atom stereocenters. The first-order valence-electron chi connectivity index (χ1n) is 6.55. The molecule has 0 saturated carbocycles. The summed E-state index contributed by atoms with van der Waals surface area (Å²) in [5, 5.41) is 0.937. The van der Waals surface area contributed by atoms with Crippen molar-refractivity contribution in [1.82, 2.24) is 0 Å². The molecule has 0 fully saturated rings. The number of benzene rings is 2. The van der Waals surface area contributed by atoms with Gasteiger partial charge in [0.25, 0.3) is 0 Å². The third-order valence-electron chi connectivity index (χ3n) is 3.29. The highest BCUT2D eigenvalue weighted by molar-refractivity contribution is 9.10. The van der Waals surface area contributed by atoms with Crippen molar-refractivity contribution >= 4 is 32.9 Å². The Balaban J connectivity index is 1.79. The van der Waals surface area contributed by atoms with E-state index in [0.29, 0.717) is 5.58 Å². The molecule has 0 aliphatic heterocycles. The topological polar surface area (TPSA) is 39.4 Å². The number of hydrogen-bond acceptors (Lipinski definition) is 3. The van der Waals surface area contributed by atoms with Crippen molar-refractivity contribution in [1.29, 1.82) is 0 Å². The lowest BCUT2D eigenvalue weighted by Gasteiger charge is -2.04. The van der Waals surface area contributed by atoms with Crippen LogP contribution in [-0.2, 0) is 11.3 Å². The summed E-state index contributed by atoms with van der Waals surface area (Å²) in [5.74, 6) is -0.171. The first kappa shape index (κ1) is 13.9. The summed E-state index contributed by atoms with van der Waals surface area (Å²) in [6, 6.07) is 15.2. The van der Waals surface area contributed by atoms with Crippen LogP contribution in [0.25, 0.3) is 11.0 Å². The van der Waals surface area contributed by atoms with Gasteiger partial charge in [-0.1, -0.05) is 46.3 Å². The van der Waals surface area contributed by atoms with Crippen LogP contribution in [0.2, 0.25) is 0 Å². The molecule has 0 atom stereocenters. The first-order chi connectivity index (χ1) is 10.1. The Bertz CT molecular complexity index is 805. The fraction of sp³-hybridized carbons (Fsp3) is 0.118. The third kappa shape index (κ3) is 2.85. The maximum Gasteiger partial charge on any atom is 0.374 e. The van der Waals surface area contributed by atoms with E-state index in [4.69, 9.17) is 9.15 Å². The second kappa shape index (κ2) is 5.74. The Kier molecular flexibility index (Phi) is 3.80. The molecule has 0 amide bonds. The Morgan fingerprint density at radius 1 is 1.19 bits per heavy atom. The van der Waals surface area contributed by atoms with Crippen LogP contribution in [0.3, 0.4) is 0 Å². The van der Waals surface area contributed by atoms with Gasteiger partial charge in [-0.15, -0.1) is 0 Å². The van der Waals surface area contributed by atoms with Crippen LogP contribution in [0.1, 0.15) is 21.7 Å². The molecule has 2 aromatic carbocycles. The summed E-state index contributed by atoms with van der Waals surface area (Å²) in [7, 11) is 0. The van der Waals surface area contributed by atoms with E-state index in [2.05, 4.69) is 15.9 Å². The van der Waals surface area contributed by atoms with Crippen molar-refractivity contribution in [2.75, 3.05) is 0 Å². The van der Waals surface area contributed by atoms with E-state index < -0.39 is 5.97 Å². The minimum atomic E-state index is -0.441. The Morgan fingerprint density at radius 2 is 2.00 bits per heavy atom. The van der Waals surface area contributed by atoms with Gasteiger partial charge in [-0.05, 0) is 30.7 Å². The van der Waals surface area contributed by atoms with E-state index in [1.54, 1.807) is 0 Å². The van der Waals surface area contributed by atoms with E-state index in [1.165, 1.54) is 0 Å². The van der Waals surface area contributed by atoms with E-state index >= 15 is 0 Å². The molecular formula is C17H13BrO3. The summed E-state index contributed by atoms with van der Waals surface area (Å²) in [4.78, 5) is 12.2. The zero-order valence-corrected chi connectivity index (χ0v) is 13.0. The maximum atomic E-state index is 12.2. The summed E-state index contributed by atoms with van der Waals surface area (Å²) in [6.45, 7) is 2.08. The van der Waals surface area contributed by atoms with Crippen molar-refractivity contribution in [2.45, 2.75) is 13.5 Å². The number of carbonyl (C=O) groups is 1. The van der Waals surface area contributed by atoms with Crippen LogP contribution < -0.4 is 0 Å². The molecule has 106 valence electrons. The van der Waals surface area contributed by atoms with E-state index in [0.717, 1.165) is 21.0 Å². The highest BCUT2D eigenvalue weighted by atomic mass is 79.9. The molecule has 1 aromatic heterocycles. The molecule has 1 heterocycles. The highest BCUT2D eigenvalue weighted by Crippen LogP contribution is 2.25. The third-order valence-corrected chi connectivity index (χ3v) is 3.78. The lowest BCUT2D eigenvalue weighted by molar-refractivity contribution is 0.0437. The van der Waals surface area contributed by atoms with Gasteiger partial charge < -0.3 is 9.15 Å². The lowest BCUT2D eigenvalue weighted by atomic mass is 10.1. The van der Waals surface area contributed by atoms with Gasteiger partial charge in [0.1, 0.15) is 12.2 Å². The van der Waals surface area contributed by atoms with Gasteiger partial charge in [-0.2, -0.15) is 0 Å². The standard InChI is InChI=1S/C17H13BrO3/c1-11-14-7-2-3-8-15(14)21-16(11)17(19)20-10-12-5-4-6-13(18)9-12/h2-9H,10H2,1H3. The molecule has 3 rings (SSSR count). The summed E-state index contributed by atoms with van der Waals surface area (Å²) in [6.07, 6.45) is 0. The lowest BCUT2D eigenvalue weighted by Crippen LogP contribution is -2.05. The molecule has 3 aromatic rings. The molecule has 0 aliphatic rings. The Hall–Kier alpha value is -2.07. The van der Waals surface area contributed by atoms with Gasteiger partial charge >= 0.3 is 5.97 Å². The minimum Gasteiger partial charge on any atom is -0.455 e. The number of fused-ring (bicyclic) bond motifs is 1. The van der Waals surface area contributed by atoms with Gasteiger partial charge in [0, 0.05) is 15.4 Å². The average Bonchev–Trinajstić information content (AvgIpc) is 2.83. The quantitative estimate of drug-likeness (QED) is 0.637. The zero-order valence-electron chi connectivity index (χ0n) is 11.4. The molecule has 0 N–H and O–H groups in total. The molecule has 0 radical (unpaired) electrons. The number of hydrogen-bond donors (Lipinski definition) is 0. The molecule has 21 heavy (non-hydrogen) atoms. The van der Waals surface area contributed by atoms with Crippen LogP contribution in [0, 0.1) is 6.92 Å². The van der Waals surface area contributed by atoms with Crippen molar-refractivity contribution in [2.24, 2.45) is 0 Å². The van der Waals surface area contributed by atoms with Crippen LogP contribution >= 0.6 is 15.9 Å². The Morgan fingerprint density at radius 3 is 2.76 bits per heavy atom. The number of carbonyl (C=O) groups excluding carboxylic acids is 1. The van der Waals surface area contributed by atoms with Crippen molar-refractivity contribution in [3.63, 3.8) is 0 Å².